The van der Waals surface area contributed by atoms with E-state index in [1.165, 1.54) is 12.8 Å². The minimum absolute atomic E-state index is 0.136. The molecule has 1 saturated carbocycles. The number of sulfonamides is 1. The van der Waals surface area contributed by atoms with Gasteiger partial charge in [-0.3, -0.25) is 0 Å². The molecular formula is C14H22N2O2S. The third kappa shape index (κ3) is 3.09. The summed E-state index contributed by atoms with van der Waals surface area (Å²) in [5.74, 6) is 0. The van der Waals surface area contributed by atoms with Crippen molar-refractivity contribution in [2.75, 3.05) is 12.3 Å². The molecule has 106 valence electrons. The van der Waals surface area contributed by atoms with Crippen LogP contribution in [0.5, 0.6) is 0 Å². The van der Waals surface area contributed by atoms with Crippen molar-refractivity contribution in [2.45, 2.75) is 43.9 Å². The molecule has 1 aromatic carbocycles. The van der Waals surface area contributed by atoms with Crippen molar-refractivity contribution in [3.63, 3.8) is 0 Å². The summed E-state index contributed by atoms with van der Waals surface area (Å²) < 4.78 is 27.3. The summed E-state index contributed by atoms with van der Waals surface area (Å²) >= 11 is 0. The third-order valence-electron chi connectivity index (χ3n) is 4.26. The van der Waals surface area contributed by atoms with Crippen LogP contribution in [0.1, 0.15) is 39.0 Å². The molecule has 0 aliphatic heterocycles. The minimum atomic E-state index is -3.50. The van der Waals surface area contributed by atoms with Crippen LogP contribution in [0.4, 0.5) is 5.69 Å². The fourth-order valence-corrected chi connectivity index (χ4v) is 4.12. The van der Waals surface area contributed by atoms with E-state index in [4.69, 9.17) is 5.73 Å². The van der Waals surface area contributed by atoms with Gasteiger partial charge in [-0.1, -0.05) is 31.9 Å². The van der Waals surface area contributed by atoms with Crippen LogP contribution in [0.25, 0.3) is 0 Å². The molecule has 0 spiro atoms. The predicted octanol–water partition coefficient (Wildman–Crippen LogP) is 2.52. The number of benzene rings is 1. The first-order valence-corrected chi connectivity index (χ1v) is 8.32. The maximum atomic E-state index is 12.3. The Morgan fingerprint density at radius 2 is 1.89 bits per heavy atom. The van der Waals surface area contributed by atoms with E-state index in [1.807, 2.05) is 0 Å². The molecule has 19 heavy (non-hydrogen) atoms. The van der Waals surface area contributed by atoms with Crippen LogP contribution in [0.15, 0.2) is 29.2 Å². The van der Waals surface area contributed by atoms with E-state index in [9.17, 15) is 8.42 Å². The maximum absolute atomic E-state index is 12.3. The van der Waals surface area contributed by atoms with Gasteiger partial charge in [-0.15, -0.1) is 0 Å². The van der Waals surface area contributed by atoms with Crippen molar-refractivity contribution in [2.24, 2.45) is 5.41 Å². The van der Waals surface area contributed by atoms with Crippen LogP contribution >= 0.6 is 0 Å². The van der Waals surface area contributed by atoms with Crippen LogP contribution in [-0.2, 0) is 10.0 Å². The van der Waals surface area contributed by atoms with Crippen molar-refractivity contribution in [3.05, 3.63) is 24.3 Å². The first-order chi connectivity index (χ1) is 8.99. The Kier molecular flexibility index (Phi) is 4.16. The van der Waals surface area contributed by atoms with E-state index in [1.54, 1.807) is 24.3 Å². The number of hydrogen-bond acceptors (Lipinski definition) is 3. The van der Waals surface area contributed by atoms with Crippen molar-refractivity contribution in [3.8, 4) is 0 Å². The summed E-state index contributed by atoms with van der Waals surface area (Å²) in [6.07, 6.45) is 5.62. The first-order valence-electron chi connectivity index (χ1n) is 6.83. The highest BCUT2D eigenvalue weighted by Crippen LogP contribution is 2.40. The molecule has 1 aliphatic carbocycles. The number of rotatable bonds is 5. The number of nitrogen functional groups attached to an aromatic ring is 1. The second-order valence-corrected chi connectivity index (χ2v) is 7.16. The van der Waals surface area contributed by atoms with Gasteiger partial charge >= 0.3 is 0 Å². The van der Waals surface area contributed by atoms with Crippen LogP contribution in [0, 0.1) is 5.41 Å². The lowest BCUT2D eigenvalue weighted by Crippen LogP contribution is -2.35. The van der Waals surface area contributed by atoms with Gasteiger partial charge in [0.25, 0.3) is 0 Å². The Balaban J connectivity index is 2.12. The molecule has 1 aromatic rings. The second kappa shape index (κ2) is 5.51. The van der Waals surface area contributed by atoms with Crippen molar-refractivity contribution in [1.29, 1.82) is 0 Å². The van der Waals surface area contributed by atoms with Crippen LogP contribution in [-0.4, -0.2) is 15.0 Å². The summed E-state index contributed by atoms with van der Waals surface area (Å²) in [4.78, 5) is 0.180. The maximum Gasteiger partial charge on any atom is 0.242 e. The van der Waals surface area contributed by atoms with Crippen LogP contribution in [0.2, 0.25) is 0 Å². The average Bonchev–Trinajstić information content (AvgIpc) is 2.86. The molecule has 1 aliphatic rings. The lowest BCUT2D eigenvalue weighted by Gasteiger charge is -2.27. The Morgan fingerprint density at radius 1 is 1.26 bits per heavy atom. The second-order valence-electron chi connectivity index (χ2n) is 5.42. The normalized spacial score (nSPS) is 18.6. The standard InChI is InChI=1S/C14H22N2O2S/c1-2-14(9-5-6-10-14)11-16-19(17,18)13-8-4-3-7-12(13)15/h3-4,7-8,16H,2,5-6,9-11,15H2,1H3. The van der Waals surface area contributed by atoms with Gasteiger partial charge in [0.2, 0.25) is 10.0 Å². The molecule has 0 amide bonds. The Morgan fingerprint density at radius 3 is 2.47 bits per heavy atom. The van der Waals surface area contributed by atoms with Crippen molar-refractivity contribution < 1.29 is 8.42 Å². The van der Waals surface area contributed by atoms with Gasteiger partial charge in [-0.05, 0) is 36.8 Å². The molecule has 0 atom stereocenters. The van der Waals surface area contributed by atoms with E-state index in [0.29, 0.717) is 12.2 Å². The summed E-state index contributed by atoms with van der Waals surface area (Å²) in [5, 5.41) is 0. The van der Waals surface area contributed by atoms with Gasteiger partial charge in [-0.25, -0.2) is 13.1 Å². The van der Waals surface area contributed by atoms with Crippen molar-refractivity contribution >= 4 is 15.7 Å². The molecule has 0 radical (unpaired) electrons. The molecule has 0 aromatic heterocycles. The molecule has 0 unspecified atom stereocenters. The summed E-state index contributed by atoms with van der Waals surface area (Å²) in [6, 6.07) is 6.58. The fraction of sp³-hybridized carbons (Fsp3) is 0.571. The highest BCUT2D eigenvalue weighted by Gasteiger charge is 2.33. The van der Waals surface area contributed by atoms with E-state index >= 15 is 0 Å². The van der Waals surface area contributed by atoms with Crippen LogP contribution < -0.4 is 10.5 Å². The number of nitrogens with two attached hydrogens (primary N) is 1. The highest BCUT2D eigenvalue weighted by molar-refractivity contribution is 7.89. The molecule has 5 heteroatoms. The first kappa shape index (κ1) is 14.3. The van der Waals surface area contributed by atoms with E-state index in [2.05, 4.69) is 11.6 Å². The Hall–Kier alpha value is -1.07. The number of nitrogens with one attached hydrogen (secondary N) is 1. The number of anilines is 1. The van der Waals surface area contributed by atoms with E-state index < -0.39 is 10.0 Å². The van der Waals surface area contributed by atoms with E-state index in [0.717, 1.165) is 19.3 Å². The zero-order chi connectivity index (χ0) is 13.9. The van der Waals surface area contributed by atoms with Gasteiger partial charge in [-0.2, -0.15) is 0 Å². The monoisotopic (exact) mass is 282 g/mol. The average molecular weight is 282 g/mol. The molecular weight excluding hydrogens is 260 g/mol. The Labute approximate surface area is 115 Å². The smallest absolute Gasteiger partial charge is 0.242 e. The topological polar surface area (TPSA) is 72.2 Å². The molecule has 4 nitrogen and oxygen atoms in total. The van der Waals surface area contributed by atoms with Crippen molar-refractivity contribution in [1.82, 2.24) is 4.72 Å². The van der Waals surface area contributed by atoms with Crippen LogP contribution in [0.3, 0.4) is 0 Å². The molecule has 3 N–H and O–H groups in total. The molecule has 0 heterocycles. The minimum Gasteiger partial charge on any atom is -0.398 e. The quantitative estimate of drug-likeness (QED) is 0.815. The summed E-state index contributed by atoms with van der Waals surface area (Å²) in [5.41, 5.74) is 6.17. The molecule has 2 rings (SSSR count). The van der Waals surface area contributed by atoms with Gasteiger partial charge in [0, 0.05) is 6.54 Å². The summed E-state index contributed by atoms with van der Waals surface area (Å²) in [6.45, 7) is 2.65. The van der Waals surface area contributed by atoms with Gasteiger partial charge in [0.05, 0.1) is 5.69 Å². The highest BCUT2D eigenvalue weighted by atomic mass is 32.2. The zero-order valence-corrected chi connectivity index (χ0v) is 12.2. The van der Waals surface area contributed by atoms with Gasteiger partial charge in [0.15, 0.2) is 0 Å². The lowest BCUT2D eigenvalue weighted by molar-refractivity contribution is 0.285. The number of para-hydroxylation sites is 1. The summed E-state index contributed by atoms with van der Waals surface area (Å²) in [7, 11) is -3.50. The number of hydrogen-bond donors (Lipinski definition) is 2. The van der Waals surface area contributed by atoms with Gasteiger partial charge < -0.3 is 5.73 Å². The molecule has 1 fully saturated rings. The third-order valence-corrected chi connectivity index (χ3v) is 5.74. The zero-order valence-electron chi connectivity index (χ0n) is 11.4. The Bertz CT molecular complexity index is 534. The SMILES string of the molecule is CCC1(CNS(=O)(=O)c2ccccc2N)CCCC1. The fourth-order valence-electron chi connectivity index (χ4n) is 2.83. The molecule has 0 bridgehead atoms. The lowest BCUT2D eigenvalue weighted by atomic mass is 9.84. The predicted molar refractivity (Wildman–Crippen MR) is 77.2 cm³/mol. The largest absolute Gasteiger partial charge is 0.398 e. The molecule has 0 saturated heterocycles. The van der Waals surface area contributed by atoms with E-state index in [-0.39, 0.29) is 10.3 Å². The van der Waals surface area contributed by atoms with Gasteiger partial charge in [0.1, 0.15) is 4.90 Å².